The lowest BCUT2D eigenvalue weighted by Crippen LogP contribution is -2.34. The van der Waals surface area contributed by atoms with E-state index in [0.717, 1.165) is 17.6 Å². The summed E-state index contributed by atoms with van der Waals surface area (Å²) in [5.41, 5.74) is 8.67. The molecule has 10 nitrogen and oxygen atoms in total. The summed E-state index contributed by atoms with van der Waals surface area (Å²) < 4.78 is 4.58. The highest BCUT2D eigenvalue weighted by atomic mass is 32.2. The Morgan fingerprint density at radius 1 is 1.62 bits per heavy atom. The fourth-order valence-corrected chi connectivity index (χ4v) is 2.87. The van der Waals surface area contributed by atoms with Crippen LogP contribution in [0.4, 0.5) is 5.95 Å². The quantitative estimate of drug-likeness (QED) is 0.567. The molecule has 2 heterocycles. The van der Waals surface area contributed by atoms with Crippen LogP contribution in [-0.2, 0) is 4.79 Å². The van der Waals surface area contributed by atoms with Gasteiger partial charge in [-0.05, 0) is 30.8 Å². The van der Waals surface area contributed by atoms with Gasteiger partial charge in [0.05, 0.1) is 11.9 Å². The van der Waals surface area contributed by atoms with Crippen molar-refractivity contribution in [3.05, 3.63) is 16.7 Å². The van der Waals surface area contributed by atoms with E-state index in [4.69, 9.17) is 10.8 Å². The average Bonchev–Trinajstić information content (AvgIpc) is 2.71. The maximum absolute atomic E-state index is 11.9. The molecule has 118 valence electrons. The maximum Gasteiger partial charge on any atom is 0.376 e. The largest absolute Gasteiger partial charge is 0.480 e. The Morgan fingerprint density at radius 3 is 2.86 bits per heavy atom. The van der Waals surface area contributed by atoms with Crippen molar-refractivity contribution in [2.24, 2.45) is 5.73 Å². The SMILES string of the molecule is CSN1C=C(C)n2c(nc(=O)n2SCC(N)C(=O)O)N1.O. The van der Waals surface area contributed by atoms with Gasteiger partial charge < -0.3 is 16.3 Å². The number of hydrogen-bond acceptors (Lipinski definition) is 8. The van der Waals surface area contributed by atoms with E-state index >= 15 is 0 Å². The highest BCUT2D eigenvalue weighted by molar-refractivity contribution is 7.97. The van der Waals surface area contributed by atoms with Crippen molar-refractivity contribution in [2.75, 3.05) is 17.4 Å². The van der Waals surface area contributed by atoms with Gasteiger partial charge >= 0.3 is 11.7 Å². The van der Waals surface area contributed by atoms with Crippen molar-refractivity contribution in [1.29, 1.82) is 0 Å². The molecule has 2 rings (SSSR count). The number of aromatic nitrogens is 3. The Kier molecular flexibility index (Phi) is 5.71. The van der Waals surface area contributed by atoms with Crippen LogP contribution in [0.1, 0.15) is 6.92 Å². The molecule has 21 heavy (non-hydrogen) atoms. The van der Waals surface area contributed by atoms with E-state index in [1.54, 1.807) is 15.3 Å². The standard InChI is InChI=1S/C9H14N6O3S2.H2O/c1-5-3-13(19-2)12-8-11-9(18)15(14(5)8)20-4-6(10)7(16)17;/h3,6H,4,10H2,1-2H3,(H,16,17)(H,11,12,18);1H2. The van der Waals surface area contributed by atoms with Gasteiger partial charge in [0.15, 0.2) is 0 Å². The second-order valence-corrected chi connectivity index (χ2v) is 5.63. The monoisotopic (exact) mass is 336 g/mol. The zero-order valence-corrected chi connectivity index (χ0v) is 12.9. The average molecular weight is 336 g/mol. The van der Waals surface area contributed by atoms with E-state index in [1.807, 2.05) is 13.2 Å². The lowest BCUT2D eigenvalue weighted by molar-refractivity contribution is -0.137. The van der Waals surface area contributed by atoms with Gasteiger partial charge in [-0.3, -0.25) is 10.2 Å². The summed E-state index contributed by atoms with van der Waals surface area (Å²) in [7, 11) is 0. The number of carboxylic acid groups (broad SMARTS) is 1. The van der Waals surface area contributed by atoms with Crippen LogP contribution in [0, 0.1) is 0 Å². The lowest BCUT2D eigenvalue weighted by Gasteiger charge is -2.25. The van der Waals surface area contributed by atoms with Crippen LogP contribution >= 0.6 is 23.9 Å². The van der Waals surface area contributed by atoms with E-state index in [1.165, 1.54) is 16.0 Å². The number of anilines is 1. The number of nitrogens with two attached hydrogens (primary N) is 1. The summed E-state index contributed by atoms with van der Waals surface area (Å²) in [5.74, 6) is -0.663. The van der Waals surface area contributed by atoms with Gasteiger partial charge in [-0.25, -0.2) is 13.9 Å². The molecule has 0 spiro atoms. The first kappa shape index (κ1) is 17.4. The fraction of sp³-hybridized carbons (Fsp3) is 0.444. The van der Waals surface area contributed by atoms with Gasteiger partial charge in [-0.15, -0.1) is 0 Å². The van der Waals surface area contributed by atoms with Crippen LogP contribution in [0.3, 0.4) is 0 Å². The van der Waals surface area contributed by atoms with E-state index in [-0.39, 0.29) is 11.2 Å². The molecular formula is C9H16N6O4S2. The summed E-state index contributed by atoms with van der Waals surface area (Å²) in [6.45, 7) is 1.82. The molecule has 0 bridgehead atoms. The number of nitrogens with zero attached hydrogens (tertiary/aromatic N) is 4. The molecule has 1 unspecified atom stereocenters. The van der Waals surface area contributed by atoms with Crippen molar-refractivity contribution < 1.29 is 15.4 Å². The number of rotatable bonds is 5. The predicted molar refractivity (Wildman–Crippen MR) is 82.5 cm³/mol. The Hall–Kier alpha value is -1.63. The third-order valence-corrected chi connectivity index (χ3v) is 4.15. The molecule has 1 aliphatic heterocycles. The van der Waals surface area contributed by atoms with Crippen molar-refractivity contribution in [1.82, 2.24) is 18.2 Å². The predicted octanol–water partition coefficient (Wildman–Crippen LogP) is -1.13. The lowest BCUT2D eigenvalue weighted by atomic mass is 10.4. The second kappa shape index (κ2) is 6.89. The van der Waals surface area contributed by atoms with E-state index in [0.29, 0.717) is 5.95 Å². The molecule has 12 heteroatoms. The van der Waals surface area contributed by atoms with Gasteiger partial charge in [0.25, 0.3) is 0 Å². The third-order valence-electron chi connectivity index (χ3n) is 2.49. The number of hydrazine groups is 1. The first-order valence-corrected chi connectivity index (χ1v) is 7.69. The zero-order valence-electron chi connectivity index (χ0n) is 11.3. The highest BCUT2D eigenvalue weighted by Crippen LogP contribution is 2.23. The van der Waals surface area contributed by atoms with Crippen LogP contribution in [0.5, 0.6) is 0 Å². The molecular weight excluding hydrogens is 320 g/mol. The number of carboxylic acids is 1. The van der Waals surface area contributed by atoms with Crippen LogP contribution in [0.15, 0.2) is 11.0 Å². The number of aliphatic carboxylic acids is 1. The van der Waals surface area contributed by atoms with E-state index in [9.17, 15) is 9.59 Å². The topological polar surface area (TPSA) is 150 Å². The van der Waals surface area contributed by atoms with Crippen molar-refractivity contribution in [3.63, 3.8) is 0 Å². The van der Waals surface area contributed by atoms with Crippen molar-refractivity contribution in [2.45, 2.75) is 13.0 Å². The second-order valence-electron chi connectivity index (χ2n) is 3.93. The van der Waals surface area contributed by atoms with Crippen LogP contribution in [0.2, 0.25) is 0 Å². The molecule has 0 saturated carbocycles. The number of fused-ring (bicyclic) bond motifs is 1. The van der Waals surface area contributed by atoms with Crippen molar-refractivity contribution in [3.8, 4) is 0 Å². The van der Waals surface area contributed by atoms with Gasteiger partial charge in [0, 0.05) is 12.0 Å². The molecule has 0 fully saturated rings. The van der Waals surface area contributed by atoms with Crippen LogP contribution in [0.25, 0.3) is 5.70 Å². The van der Waals surface area contributed by atoms with Gasteiger partial charge in [-0.2, -0.15) is 9.07 Å². The van der Waals surface area contributed by atoms with E-state index < -0.39 is 17.7 Å². The maximum atomic E-state index is 11.9. The normalized spacial score (nSPS) is 14.6. The van der Waals surface area contributed by atoms with Gasteiger partial charge in [-0.1, -0.05) is 0 Å². The third kappa shape index (κ3) is 3.53. The molecule has 1 aliphatic rings. The molecule has 6 N–H and O–H groups in total. The number of allylic oxidation sites excluding steroid dienone is 1. The van der Waals surface area contributed by atoms with Gasteiger partial charge in [0.1, 0.15) is 6.04 Å². The first-order chi connectivity index (χ1) is 9.43. The molecule has 0 aromatic carbocycles. The minimum absolute atomic E-state index is 0. The number of nitrogens with one attached hydrogen (secondary N) is 1. The summed E-state index contributed by atoms with van der Waals surface area (Å²) >= 11 is 2.44. The number of carbonyl (C=O) groups is 1. The van der Waals surface area contributed by atoms with Crippen LogP contribution < -0.4 is 16.8 Å². The Labute approximate surface area is 128 Å². The molecule has 0 radical (unpaired) electrons. The van der Waals surface area contributed by atoms with Gasteiger partial charge in [0.2, 0.25) is 5.95 Å². The molecule has 0 saturated heterocycles. The zero-order chi connectivity index (χ0) is 14.9. The summed E-state index contributed by atoms with van der Waals surface area (Å²) in [6, 6.07) is -1.04. The fourth-order valence-electron chi connectivity index (χ4n) is 1.52. The molecule has 1 atom stereocenters. The molecule has 1 aromatic heterocycles. The summed E-state index contributed by atoms with van der Waals surface area (Å²) in [6.07, 6.45) is 3.68. The summed E-state index contributed by atoms with van der Waals surface area (Å²) in [4.78, 5) is 26.4. The van der Waals surface area contributed by atoms with E-state index in [2.05, 4.69) is 10.4 Å². The van der Waals surface area contributed by atoms with Crippen LogP contribution in [-0.4, -0.2) is 52.8 Å². The number of hydrogen-bond donors (Lipinski definition) is 3. The Morgan fingerprint density at radius 2 is 2.29 bits per heavy atom. The molecule has 0 amide bonds. The Balaban J connectivity index is 0.00000220. The molecule has 1 aromatic rings. The minimum Gasteiger partial charge on any atom is -0.480 e. The smallest absolute Gasteiger partial charge is 0.376 e. The first-order valence-electron chi connectivity index (χ1n) is 5.56. The van der Waals surface area contributed by atoms with Crippen molar-refractivity contribution >= 4 is 41.5 Å². The summed E-state index contributed by atoms with van der Waals surface area (Å²) in [5, 5.41) is 8.76. The minimum atomic E-state index is -1.11. The Bertz CT molecular complexity index is 612. The molecule has 0 aliphatic carbocycles. The highest BCUT2D eigenvalue weighted by Gasteiger charge is 2.22.